The molecule has 5 nitrogen and oxygen atoms in total. The zero-order valence-corrected chi connectivity index (χ0v) is 7.39. The summed E-state index contributed by atoms with van der Waals surface area (Å²) in [6.07, 6.45) is 1.95. The number of aromatic nitrogens is 1. The quantitative estimate of drug-likeness (QED) is 0.678. The van der Waals surface area contributed by atoms with Gasteiger partial charge in [0.05, 0.1) is 5.56 Å². The summed E-state index contributed by atoms with van der Waals surface area (Å²) in [5, 5.41) is 9.47. The van der Waals surface area contributed by atoms with Crippen molar-refractivity contribution in [1.29, 1.82) is 0 Å². The fourth-order valence-corrected chi connectivity index (χ4v) is 1.41. The number of nitrogens with one attached hydrogen (secondary N) is 2. The number of carbonyl (C=O) groups excluding carboxylic acids is 1. The predicted molar refractivity (Wildman–Crippen MR) is 47.6 cm³/mol. The molecule has 0 spiro atoms. The summed E-state index contributed by atoms with van der Waals surface area (Å²) < 4.78 is 5.01. The molecular weight excluding hydrogens is 170 g/mol. The van der Waals surface area contributed by atoms with E-state index in [1.807, 2.05) is 0 Å². The van der Waals surface area contributed by atoms with Gasteiger partial charge in [0.2, 0.25) is 11.8 Å². The van der Waals surface area contributed by atoms with E-state index in [1.54, 1.807) is 0 Å². The Morgan fingerprint density at radius 2 is 2.54 bits per heavy atom. The number of hydrogen-bond donors (Lipinski definition) is 2. The smallest absolute Gasteiger partial charge is 0.230 e. The first kappa shape index (κ1) is 8.10. The van der Waals surface area contributed by atoms with E-state index in [-0.39, 0.29) is 5.91 Å². The van der Waals surface area contributed by atoms with Gasteiger partial charge in [-0.05, 0) is 12.8 Å². The third-order valence-corrected chi connectivity index (χ3v) is 1.97. The number of rotatable bonds is 1. The van der Waals surface area contributed by atoms with Crippen molar-refractivity contribution in [3.63, 3.8) is 0 Å². The molecule has 0 aliphatic carbocycles. The average molecular weight is 181 g/mol. The molecule has 0 saturated carbocycles. The van der Waals surface area contributed by atoms with Crippen LogP contribution in [0.4, 0.5) is 11.7 Å². The van der Waals surface area contributed by atoms with Crippen molar-refractivity contribution in [3.05, 3.63) is 5.56 Å². The third kappa shape index (κ3) is 1.49. The Balaban J connectivity index is 2.26. The predicted octanol–water partition coefficient (Wildman–Crippen LogP) is 0.991. The zero-order chi connectivity index (χ0) is 9.26. The average Bonchev–Trinajstić information content (AvgIpc) is 2.48. The lowest BCUT2D eigenvalue weighted by molar-refractivity contribution is -0.114. The normalized spacial score (nSPS) is 14.5. The highest BCUT2D eigenvalue weighted by molar-refractivity contribution is 5.89. The highest BCUT2D eigenvalue weighted by Gasteiger charge is 2.19. The summed E-state index contributed by atoms with van der Waals surface area (Å²) in [6, 6.07) is 0. The molecule has 2 N–H and O–H groups in total. The van der Waals surface area contributed by atoms with Crippen LogP contribution in [0.2, 0.25) is 0 Å². The van der Waals surface area contributed by atoms with E-state index in [1.165, 1.54) is 6.92 Å². The highest BCUT2D eigenvalue weighted by atomic mass is 16.5. The maximum atomic E-state index is 10.8. The molecule has 2 heterocycles. The lowest BCUT2D eigenvalue weighted by Gasteiger charge is -2.10. The van der Waals surface area contributed by atoms with Gasteiger partial charge in [-0.2, -0.15) is 0 Å². The molecule has 2 rings (SSSR count). The van der Waals surface area contributed by atoms with Crippen molar-refractivity contribution < 1.29 is 9.32 Å². The van der Waals surface area contributed by atoms with Crippen LogP contribution in [0.5, 0.6) is 0 Å². The molecule has 0 saturated heterocycles. The van der Waals surface area contributed by atoms with Crippen molar-refractivity contribution in [2.45, 2.75) is 19.8 Å². The van der Waals surface area contributed by atoms with E-state index in [0.29, 0.717) is 11.7 Å². The maximum Gasteiger partial charge on any atom is 0.230 e. The number of hydrogen-bond acceptors (Lipinski definition) is 4. The number of fused-ring (bicyclic) bond motifs is 1. The topological polar surface area (TPSA) is 67.2 Å². The molecule has 1 aromatic rings. The Morgan fingerprint density at radius 3 is 3.31 bits per heavy atom. The van der Waals surface area contributed by atoms with E-state index >= 15 is 0 Å². The molecule has 0 unspecified atom stereocenters. The van der Waals surface area contributed by atoms with Gasteiger partial charge in [-0.25, -0.2) is 0 Å². The molecule has 1 aromatic heterocycles. The molecule has 0 radical (unpaired) electrons. The van der Waals surface area contributed by atoms with Crippen LogP contribution >= 0.6 is 0 Å². The summed E-state index contributed by atoms with van der Waals surface area (Å²) in [4.78, 5) is 10.8. The van der Waals surface area contributed by atoms with Crippen LogP contribution in [-0.4, -0.2) is 17.6 Å². The summed E-state index contributed by atoms with van der Waals surface area (Å²) in [6.45, 7) is 2.36. The van der Waals surface area contributed by atoms with Crippen LogP contribution < -0.4 is 10.6 Å². The minimum absolute atomic E-state index is 0.123. The summed E-state index contributed by atoms with van der Waals surface area (Å²) in [5.41, 5.74) is 0.974. The van der Waals surface area contributed by atoms with Crippen LogP contribution in [0.1, 0.15) is 18.9 Å². The lowest BCUT2D eigenvalue weighted by atomic mass is 10.1. The lowest BCUT2D eigenvalue weighted by Crippen LogP contribution is -2.13. The van der Waals surface area contributed by atoms with Gasteiger partial charge in [-0.15, -0.1) is 0 Å². The van der Waals surface area contributed by atoms with Crippen molar-refractivity contribution in [1.82, 2.24) is 5.16 Å². The molecule has 0 atom stereocenters. The van der Waals surface area contributed by atoms with Crippen molar-refractivity contribution in [3.8, 4) is 0 Å². The van der Waals surface area contributed by atoms with Gasteiger partial charge in [0.15, 0.2) is 5.82 Å². The molecule has 0 bridgehead atoms. The first-order chi connectivity index (χ1) is 6.27. The van der Waals surface area contributed by atoms with Gasteiger partial charge in [0.25, 0.3) is 0 Å². The van der Waals surface area contributed by atoms with Crippen LogP contribution in [0.15, 0.2) is 4.52 Å². The number of carbonyl (C=O) groups is 1. The van der Waals surface area contributed by atoms with E-state index in [0.717, 1.165) is 24.9 Å². The first-order valence-electron chi connectivity index (χ1n) is 4.27. The van der Waals surface area contributed by atoms with Crippen molar-refractivity contribution in [2.75, 3.05) is 17.2 Å². The molecule has 1 amide bonds. The van der Waals surface area contributed by atoms with Crippen molar-refractivity contribution >= 4 is 17.6 Å². The third-order valence-electron chi connectivity index (χ3n) is 1.97. The minimum atomic E-state index is -0.123. The van der Waals surface area contributed by atoms with Gasteiger partial charge >= 0.3 is 0 Å². The molecule has 0 aromatic carbocycles. The van der Waals surface area contributed by atoms with Gasteiger partial charge in [0, 0.05) is 13.5 Å². The van der Waals surface area contributed by atoms with Gasteiger partial charge in [0.1, 0.15) is 0 Å². The molecule has 5 heteroatoms. The Kier molecular flexibility index (Phi) is 1.92. The van der Waals surface area contributed by atoms with Crippen LogP contribution in [0.3, 0.4) is 0 Å². The van der Waals surface area contributed by atoms with E-state index in [9.17, 15) is 4.79 Å². The second-order valence-electron chi connectivity index (χ2n) is 3.05. The van der Waals surface area contributed by atoms with Gasteiger partial charge in [-0.1, -0.05) is 5.16 Å². The number of amides is 1. The summed E-state index contributed by atoms with van der Waals surface area (Å²) in [7, 11) is 0. The number of nitrogens with zero attached hydrogens (tertiary/aromatic N) is 1. The molecule has 0 fully saturated rings. The Morgan fingerprint density at radius 1 is 1.69 bits per heavy atom. The largest absolute Gasteiger partial charge is 0.354 e. The molecular formula is C8H11N3O2. The summed E-state index contributed by atoms with van der Waals surface area (Å²) >= 11 is 0. The van der Waals surface area contributed by atoms with Crippen LogP contribution in [0.25, 0.3) is 0 Å². The minimum Gasteiger partial charge on any atom is -0.354 e. The second-order valence-corrected chi connectivity index (χ2v) is 3.05. The van der Waals surface area contributed by atoms with Crippen LogP contribution in [-0.2, 0) is 11.2 Å². The highest BCUT2D eigenvalue weighted by Crippen LogP contribution is 2.28. The standard InChI is InChI=1S/C8H11N3O2/c1-5(12)10-7-6-3-2-4-9-8(6)13-11-7/h9H,2-4H2,1H3,(H,10,11,12). The molecule has 70 valence electrons. The fraction of sp³-hybridized carbons (Fsp3) is 0.500. The van der Waals surface area contributed by atoms with E-state index in [4.69, 9.17) is 4.52 Å². The zero-order valence-electron chi connectivity index (χ0n) is 7.39. The molecule has 1 aliphatic heterocycles. The molecule has 1 aliphatic rings. The second kappa shape index (κ2) is 3.08. The monoisotopic (exact) mass is 181 g/mol. The summed E-state index contributed by atoms with van der Waals surface area (Å²) in [5.74, 6) is 1.12. The van der Waals surface area contributed by atoms with E-state index in [2.05, 4.69) is 15.8 Å². The number of anilines is 2. The first-order valence-corrected chi connectivity index (χ1v) is 4.27. The van der Waals surface area contributed by atoms with Crippen LogP contribution in [0, 0.1) is 0 Å². The Bertz CT molecular complexity index is 332. The SMILES string of the molecule is CC(=O)Nc1noc2c1CCCN2. The Labute approximate surface area is 75.5 Å². The molecule has 13 heavy (non-hydrogen) atoms. The van der Waals surface area contributed by atoms with Gasteiger partial charge in [-0.3, -0.25) is 4.79 Å². The van der Waals surface area contributed by atoms with Crippen molar-refractivity contribution in [2.24, 2.45) is 0 Å². The van der Waals surface area contributed by atoms with E-state index < -0.39 is 0 Å². The fourth-order valence-electron chi connectivity index (χ4n) is 1.41. The Hall–Kier alpha value is -1.52. The van der Waals surface area contributed by atoms with Gasteiger partial charge < -0.3 is 15.2 Å². The maximum absolute atomic E-state index is 10.8.